The molecule has 0 radical (unpaired) electrons. The molecule has 2 fully saturated rings. The highest BCUT2D eigenvalue weighted by Gasteiger charge is 2.42. The van der Waals surface area contributed by atoms with Gasteiger partial charge in [0.15, 0.2) is 0 Å². The van der Waals surface area contributed by atoms with Gasteiger partial charge in [-0.2, -0.15) is 0 Å². The van der Waals surface area contributed by atoms with Crippen LogP contribution in [0.25, 0.3) is 0 Å². The van der Waals surface area contributed by atoms with Crippen molar-refractivity contribution in [2.45, 2.75) is 38.8 Å². The maximum Gasteiger partial charge on any atom is 0.244 e. The van der Waals surface area contributed by atoms with Gasteiger partial charge in [0.1, 0.15) is 6.04 Å². The molecule has 8 heteroatoms. The monoisotopic (exact) mass is 409 g/mol. The van der Waals surface area contributed by atoms with E-state index in [1.807, 2.05) is 26.8 Å². The molecule has 2 heterocycles. The zero-order valence-corrected chi connectivity index (χ0v) is 17.3. The number of thioether (sulfide) groups is 1. The van der Waals surface area contributed by atoms with E-state index < -0.39 is 12.0 Å². The van der Waals surface area contributed by atoms with Crippen LogP contribution in [0.1, 0.15) is 27.2 Å². The van der Waals surface area contributed by atoms with Crippen LogP contribution in [0.4, 0.5) is 5.69 Å². The average molecular weight is 410 g/mol. The van der Waals surface area contributed by atoms with Crippen molar-refractivity contribution in [1.82, 2.24) is 10.2 Å². The lowest BCUT2D eigenvalue weighted by Crippen LogP contribution is -2.53. The molecule has 0 aromatic heterocycles. The molecule has 0 saturated carbocycles. The minimum Gasteiger partial charge on any atom is -0.350 e. The van der Waals surface area contributed by atoms with Crippen molar-refractivity contribution in [1.29, 1.82) is 0 Å². The molecular weight excluding hydrogens is 386 g/mol. The summed E-state index contributed by atoms with van der Waals surface area (Å²) in [5, 5.41) is 3.49. The Morgan fingerprint density at radius 2 is 2.04 bits per heavy atom. The molecule has 1 aromatic carbocycles. The highest BCUT2D eigenvalue weighted by molar-refractivity contribution is 7.99. The molecule has 3 amide bonds. The molecule has 2 saturated heterocycles. The Morgan fingerprint density at radius 3 is 2.70 bits per heavy atom. The smallest absolute Gasteiger partial charge is 0.244 e. The van der Waals surface area contributed by atoms with E-state index in [4.69, 9.17) is 11.6 Å². The molecule has 6 nitrogen and oxygen atoms in total. The summed E-state index contributed by atoms with van der Waals surface area (Å²) in [6, 6.07) is 6.56. The maximum atomic E-state index is 13.0. The number of anilines is 1. The zero-order chi connectivity index (χ0) is 19.8. The molecule has 0 bridgehead atoms. The van der Waals surface area contributed by atoms with Crippen LogP contribution in [-0.2, 0) is 14.4 Å². The minimum atomic E-state index is -0.489. The summed E-state index contributed by atoms with van der Waals surface area (Å²) in [4.78, 5) is 41.3. The van der Waals surface area contributed by atoms with Crippen LogP contribution in [0, 0.1) is 5.92 Å². The van der Waals surface area contributed by atoms with Gasteiger partial charge in [-0.3, -0.25) is 14.4 Å². The van der Waals surface area contributed by atoms with Crippen LogP contribution in [-0.4, -0.2) is 52.4 Å². The lowest BCUT2D eigenvalue weighted by atomic mass is 10.1. The highest BCUT2D eigenvalue weighted by Crippen LogP contribution is 2.31. The van der Waals surface area contributed by atoms with Gasteiger partial charge in [0.25, 0.3) is 0 Å². The SMILES string of the molecule is CC(C)(C)NC(=O)[C@@H]1CSCN1C(=O)[C@H]1CC(=O)N(c2cccc(Cl)c2)C1. The van der Waals surface area contributed by atoms with Gasteiger partial charge >= 0.3 is 0 Å². The van der Waals surface area contributed by atoms with Gasteiger partial charge in [-0.1, -0.05) is 17.7 Å². The Labute approximate surface area is 168 Å². The normalized spacial score (nSPS) is 23.0. The quantitative estimate of drug-likeness (QED) is 0.832. The van der Waals surface area contributed by atoms with E-state index in [-0.39, 0.29) is 29.7 Å². The fourth-order valence-corrected chi connectivity index (χ4v) is 4.68. The first kappa shape index (κ1) is 20.0. The van der Waals surface area contributed by atoms with Crippen molar-refractivity contribution >= 4 is 46.8 Å². The number of hydrogen-bond acceptors (Lipinski definition) is 4. The number of nitrogens with zero attached hydrogens (tertiary/aromatic N) is 2. The Balaban J connectivity index is 1.70. The predicted octanol–water partition coefficient (Wildman–Crippen LogP) is 2.51. The van der Waals surface area contributed by atoms with Gasteiger partial charge in [-0.15, -0.1) is 11.8 Å². The van der Waals surface area contributed by atoms with Crippen LogP contribution >= 0.6 is 23.4 Å². The Bertz CT molecular complexity index is 765. The summed E-state index contributed by atoms with van der Waals surface area (Å²) in [6.45, 7) is 6.06. The molecule has 0 unspecified atom stereocenters. The lowest BCUT2D eigenvalue weighted by molar-refractivity contribution is -0.141. The second kappa shape index (κ2) is 7.72. The molecule has 1 aromatic rings. The largest absolute Gasteiger partial charge is 0.350 e. The van der Waals surface area contributed by atoms with Crippen molar-refractivity contribution in [3.8, 4) is 0 Å². The van der Waals surface area contributed by atoms with E-state index in [0.717, 1.165) is 0 Å². The number of carbonyl (C=O) groups excluding carboxylic acids is 3. The van der Waals surface area contributed by atoms with Crippen molar-refractivity contribution in [2.24, 2.45) is 5.92 Å². The van der Waals surface area contributed by atoms with Crippen LogP contribution < -0.4 is 10.2 Å². The number of hydrogen-bond donors (Lipinski definition) is 1. The second-order valence-corrected chi connectivity index (χ2v) is 9.38. The number of rotatable bonds is 3. The summed E-state index contributed by atoms with van der Waals surface area (Å²) in [5.41, 5.74) is 0.340. The third kappa shape index (κ3) is 4.58. The summed E-state index contributed by atoms with van der Waals surface area (Å²) >= 11 is 7.58. The molecule has 0 spiro atoms. The van der Waals surface area contributed by atoms with Crippen LogP contribution in [0.5, 0.6) is 0 Å². The Hall–Kier alpha value is -1.73. The fraction of sp³-hybridized carbons (Fsp3) is 0.526. The molecule has 2 atom stereocenters. The topological polar surface area (TPSA) is 69.7 Å². The number of benzene rings is 1. The zero-order valence-electron chi connectivity index (χ0n) is 15.7. The molecule has 1 N–H and O–H groups in total. The fourth-order valence-electron chi connectivity index (χ4n) is 3.33. The highest BCUT2D eigenvalue weighted by atomic mass is 35.5. The van der Waals surface area contributed by atoms with Crippen LogP contribution in [0.2, 0.25) is 5.02 Å². The first-order valence-corrected chi connectivity index (χ1v) is 10.4. The molecule has 27 heavy (non-hydrogen) atoms. The molecule has 146 valence electrons. The van der Waals surface area contributed by atoms with Gasteiger partial charge in [0.2, 0.25) is 17.7 Å². The summed E-state index contributed by atoms with van der Waals surface area (Å²) in [6.07, 6.45) is 0.153. The van der Waals surface area contributed by atoms with Crippen LogP contribution in [0.15, 0.2) is 24.3 Å². The number of halogens is 1. The standard InChI is InChI=1S/C19H24ClN3O3S/c1-19(2,3)21-17(25)15-10-27-11-23(15)18(26)12-7-16(24)22(9-12)14-6-4-5-13(20)8-14/h4-6,8,12,15H,7,9-11H2,1-3H3,(H,21,25)/t12-,15-/m0/s1. The van der Waals surface area contributed by atoms with E-state index in [1.54, 1.807) is 39.8 Å². The Kier molecular flexibility index (Phi) is 5.72. The average Bonchev–Trinajstić information content (AvgIpc) is 3.19. The predicted molar refractivity (Wildman–Crippen MR) is 108 cm³/mol. The van der Waals surface area contributed by atoms with Crippen molar-refractivity contribution in [3.63, 3.8) is 0 Å². The molecular formula is C19H24ClN3O3S. The van der Waals surface area contributed by atoms with Crippen molar-refractivity contribution < 1.29 is 14.4 Å². The number of nitrogens with one attached hydrogen (secondary N) is 1. The van der Waals surface area contributed by atoms with E-state index >= 15 is 0 Å². The summed E-state index contributed by atoms with van der Waals surface area (Å²) in [7, 11) is 0. The van der Waals surface area contributed by atoms with Gasteiger partial charge in [0.05, 0.1) is 11.8 Å². The van der Waals surface area contributed by atoms with Crippen molar-refractivity contribution in [3.05, 3.63) is 29.3 Å². The van der Waals surface area contributed by atoms with E-state index in [9.17, 15) is 14.4 Å². The first-order chi connectivity index (χ1) is 12.7. The van der Waals surface area contributed by atoms with Gasteiger partial charge in [0, 0.05) is 35.0 Å². The summed E-state index contributed by atoms with van der Waals surface area (Å²) < 4.78 is 0. The number of amides is 3. The van der Waals surface area contributed by atoms with E-state index in [2.05, 4.69) is 5.32 Å². The minimum absolute atomic E-state index is 0.0989. The van der Waals surface area contributed by atoms with Gasteiger partial charge < -0.3 is 15.1 Å². The molecule has 0 aliphatic carbocycles. The van der Waals surface area contributed by atoms with E-state index in [0.29, 0.717) is 28.9 Å². The first-order valence-electron chi connectivity index (χ1n) is 8.92. The molecule has 3 rings (SSSR count). The lowest BCUT2D eigenvalue weighted by Gasteiger charge is -2.29. The summed E-state index contributed by atoms with van der Waals surface area (Å²) in [5.74, 6) is 0.233. The third-order valence-electron chi connectivity index (χ3n) is 4.56. The molecule has 2 aliphatic heterocycles. The second-order valence-electron chi connectivity index (χ2n) is 7.95. The number of carbonyl (C=O) groups is 3. The van der Waals surface area contributed by atoms with Gasteiger partial charge in [-0.25, -0.2) is 0 Å². The van der Waals surface area contributed by atoms with Crippen molar-refractivity contribution in [2.75, 3.05) is 23.1 Å². The van der Waals surface area contributed by atoms with E-state index in [1.165, 1.54) is 0 Å². The van der Waals surface area contributed by atoms with Gasteiger partial charge in [-0.05, 0) is 39.0 Å². The third-order valence-corrected chi connectivity index (χ3v) is 5.81. The molecule has 2 aliphatic rings. The Morgan fingerprint density at radius 1 is 1.30 bits per heavy atom. The van der Waals surface area contributed by atoms with Crippen LogP contribution in [0.3, 0.4) is 0 Å². The maximum absolute atomic E-state index is 13.0.